The molecule has 0 radical (unpaired) electrons. The molecule has 5 heteroatoms. The summed E-state index contributed by atoms with van der Waals surface area (Å²) in [5, 5.41) is 14.4. The third-order valence-electron chi connectivity index (χ3n) is 4.88. The summed E-state index contributed by atoms with van der Waals surface area (Å²) < 4.78 is 0. The van der Waals surface area contributed by atoms with Gasteiger partial charge in [-0.15, -0.1) is 11.3 Å². The molecule has 1 amide bonds. The average Bonchev–Trinajstić information content (AvgIpc) is 3.31. The lowest BCUT2D eigenvalue weighted by Crippen LogP contribution is -2.31. The van der Waals surface area contributed by atoms with Crippen molar-refractivity contribution >= 4 is 33.8 Å². The van der Waals surface area contributed by atoms with Crippen LogP contribution in [0.4, 0.5) is 0 Å². The fourth-order valence-corrected chi connectivity index (χ4v) is 4.39. The second-order valence-corrected chi connectivity index (χ2v) is 7.49. The van der Waals surface area contributed by atoms with Gasteiger partial charge in [-0.05, 0) is 34.2 Å². The van der Waals surface area contributed by atoms with E-state index in [2.05, 4.69) is 0 Å². The third kappa shape index (κ3) is 2.84. The van der Waals surface area contributed by atoms with E-state index in [1.54, 1.807) is 17.0 Å². The summed E-state index contributed by atoms with van der Waals surface area (Å²) in [5.74, 6) is -1.19. The summed E-state index contributed by atoms with van der Waals surface area (Å²) in [7, 11) is 0. The first-order valence-electron chi connectivity index (χ1n) is 8.93. The molecule has 0 saturated carbocycles. The highest BCUT2D eigenvalue weighted by atomic mass is 32.1. The van der Waals surface area contributed by atoms with Crippen LogP contribution in [0.25, 0.3) is 10.8 Å². The molecule has 1 N–H and O–H groups in total. The number of nitrogens with zero attached hydrogens (tertiary/aromatic N) is 1. The molecule has 1 aliphatic heterocycles. The second-order valence-electron chi connectivity index (χ2n) is 6.54. The van der Waals surface area contributed by atoms with Crippen LogP contribution in [0.2, 0.25) is 0 Å². The molecule has 2 heterocycles. The Morgan fingerprint density at radius 3 is 2.63 bits per heavy atom. The van der Waals surface area contributed by atoms with Crippen molar-refractivity contribution in [2.24, 2.45) is 0 Å². The summed E-state index contributed by atoms with van der Waals surface area (Å²) in [6.45, 7) is 2.45. The Bertz CT molecular complexity index is 1050. The van der Waals surface area contributed by atoms with Gasteiger partial charge in [-0.1, -0.05) is 55.5 Å². The number of thiophene rings is 1. The number of ketones is 1. The van der Waals surface area contributed by atoms with Crippen molar-refractivity contribution in [2.45, 2.75) is 19.4 Å². The van der Waals surface area contributed by atoms with Crippen molar-refractivity contribution in [1.29, 1.82) is 0 Å². The molecule has 0 spiro atoms. The molecule has 0 bridgehead atoms. The number of Topliss-reactive ketones (excluding diaryl/α,β-unsaturated/α-hetero) is 1. The number of aliphatic hydroxyl groups is 1. The van der Waals surface area contributed by atoms with Gasteiger partial charge < -0.3 is 10.0 Å². The zero-order chi connectivity index (χ0) is 19.0. The van der Waals surface area contributed by atoms with Crippen molar-refractivity contribution in [2.75, 3.05) is 6.54 Å². The largest absolute Gasteiger partial charge is 0.503 e. The maximum atomic E-state index is 13.1. The zero-order valence-electron chi connectivity index (χ0n) is 14.9. The highest BCUT2D eigenvalue weighted by Gasteiger charge is 2.44. The Kier molecular flexibility index (Phi) is 4.54. The van der Waals surface area contributed by atoms with Crippen LogP contribution in [0, 0.1) is 0 Å². The van der Waals surface area contributed by atoms with Gasteiger partial charge in [0.25, 0.3) is 5.91 Å². The number of rotatable bonds is 5. The Balaban J connectivity index is 1.92. The van der Waals surface area contributed by atoms with E-state index in [4.69, 9.17) is 0 Å². The van der Waals surface area contributed by atoms with E-state index in [0.717, 1.165) is 22.8 Å². The topological polar surface area (TPSA) is 57.6 Å². The van der Waals surface area contributed by atoms with Crippen LogP contribution in [-0.2, 0) is 4.79 Å². The molecule has 136 valence electrons. The predicted octanol–water partition coefficient (Wildman–Crippen LogP) is 4.89. The first kappa shape index (κ1) is 17.5. The fraction of sp³-hybridized carbons (Fsp3) is 0.182. The van der Waals surface area contributed by atoms with Crippen LogP contribution in [-0.4, -0.2) is 28.2 Å². The monoisotopic (exact) mass is 377 g/mol. The molecule has 1 unspecified atom stereocenters. The smallest absolute Gasteiger partial charge is 0.290 e. The maximum absolute atomic E-state index is 13.1. The first-order valence-corrected chi connectivity index (χ1v) is 9.81. The molecular weight excluding hydrogens is 358 g/mol. The quantitative estimate of drug-likeness (QED) is 0.644. The average molecular weight is 377 g/mol. The highest BCUT2D eigenvalue weighted by molar-refractivity contribution is 7.12. The van der Waals surface area contributed by atoms with E-state index < -0.39 is 17.7 Å². The molecule has 4 rings (SSSR count). The van der Waals surface area contributed by atoms with Crippen molar-refractivity contribution in [3.05, 3.63) is 81.8 Å². The summed E-state index contributed by atoms with van der Waals surface area (Å²) in [6, 6.07) is 16.7. The zero-order valence-corrected chi connectivity index (χ0v) is 15.7. The van der Waals surface area contributed by atoms with Gasteiger partial charge in [0.15, 0.2) is 5.76 Å². The Labute approximate surface area is 161 Å². The van der Waals surface area contributed by atoms with Crippen molar-refractivity contribution in [1.82, 2.24) is 4.90 Å². The lowest BCUT2D eigenvalue weighted by atomic mass is 9.91. The van der Waals surface area contributed by atoms with Gasteiger partial charge in [-0.25, -0.2) is 0 Å². The number of hydrogen-bond acceptors (Lipinski definition) is 4. The summed E-state index contributed by atoms with van der Waals surface area (Å²) >= 11 is 1.31. The molecule has 1 aromatic heterocycles. The number of benzene rings is 2. The van der Waals surface area contributed by atoms with E-state index in [-0.39, 0.29) is 11.4 Å². The lowest BCUT2D eigenvalue weighted by Gasteiger charge is -2.27. The molecule has 3 aromatic rings. The summed E-state index contributed by atoms with van der Waals surface area (Å²) in [6.07, 6.45) is 0.737. The van der Waals surface area contributed by atoms with Gasteiger partial charge in [0.1, 0.15) is 0 Å². The Hall–Kier alpha value is -2.92. The molecule has 1 atom stereocenters. The number of aliphatic hydroxyl groups excluding tert-OH is 1. The van der Waals surface area contributed by atoms with Crippen molar-refractivity contribution < 1.29 is 14.7 Å². The van der Waals surface area contributed by atoms with Crippen LogP contribution in [0.15, 0.2) is 71.3 Å². The fourth-order valence-electron chi connectivity index (χ4n) is 3.71. The van der Waals surface area contributed by atoms with Crippen LogP contribution in [0.1, 0.15) is 34.6 Å². The Morgan fingerprint density at radius 2 is 1.89 bits per heavy atom. The molecule has 27 heavy (non-hydrogen) atoms. The number of carbonyl (C=O) groups is 2. The molecule has 4 nitrogen and oxygen atoms in total. The Morgan fingerprint density at radius 1 is 1.11 bits per heavy atom. The van der Waals surface area contributed by atoms with Crippen LogP contribution in [0.5, 0.6) is 0 Å². The normalized spacial score (nSPS) is 17.1. The van der Waals surface area contributed by atoms with Gasteiger partial charge in [0.2, 0.25) is 5.78 Å². The van der Waals surface area contributed by atoms with Gasteiger partial charge in [-0.3, -0.25) is 9.59 Å². The van der Waals surface area contributed by atoms with Crippen LogP contribution < -0.4 is 0 Å². The molecule has 0 aliphatic carbocycles. The van der Waals surface area contributed by atoms with Gasteiger partial charge in [-0.2, -0.15) is 0 Å². The lowest BCUT2D eigenvalue weighted by molar-refractivity contribution is -0.129. The molecule has 0 saturated heterocycles. The van der Waals surface area contributed by atoms with Crippen molar-refractivity contribution in [3.63, 3.8) is 0 Å². The van der Waals surface area contributed by atoms with Gasteiger partial charge in [0, 0.05) is 6.54 Å². The highest BCUT2D eigenvalue weighted by Crippen LogP contribution is 2.41. The minimum absolute atomic E-state index is 0.173. The van der Waals surface area contributed by atoms with E-state index in [1.807, 2.05) is 54.8 Å². The summed E-state index contributed by atoms with van der Waals surface area (Å²) in [4.78, 5) is 28.0. The van der Waals surface area contributed by atoms with E-state index in [9.17, 15) is 14.7 Å². The van der Waals surface area contributed by atoms with E-state index in [1.165, 1.54) is 11.3 Å². The van der Waals surface area contributed by atoms with Crippen LogP contribution in [0.3, 0.4) is 0 Å². The minimum atomic E-state index is -0.585. The first-order chi connectivity index (χ1) is 13.1. The molecule has 0 fully saturated rings. The minimum Gasteiger partial charge on any atom is -0.503 e. The van der Waals surface area contributed by atoms with E-state index >= 15 is 0 Å². The molecule has 2 aromatic carbocycles. The molecule has 1 aliphatic rings. The van der Waals surface area contributed by atoms with E-state index in [0.29, 0.717) is 11.4 Å². The number of fused-ring (bicyclic) bond motifs is 1. The van der Waals surface area contributed by atoms with Gasteiger partial charge >= 0.3 is 0 Å². The number of amides is 1. The maximum Gasteiger partial charge on any atom is 0.290 e. The second kappa shape index (κ2) is 7.00. The van der Waals surface area contributed by atoms with Crippen LogP contribution >= 0.6 is 11.3 Å². The SMILES string of the molecule is CCCN1C(=O)C(O)=C(C(=O)c2cccs2)C1c1cccc2ccccc12. The van der Waals surface area contributed by atoms with Crippen molar-refractivity contribution in [3.8, 4) is 0 Å². The number of carbonyl (C=O) groups excluding carboxylic acids is 2. The summed E-state index contributed by atoms with van der Waals surface area (Å²) in [5.41, 5.74) is 1.03. The predicted molar refractivity (Wildman–Crippen MR) is 107 cm³/mol. The van der Waals surface area contributed by atoms with Gasteiger partial charge in [0.05, 0.1) is 16.5 Å². The molecular formula is C22H19NO3S. The number of hydrogen-bond donors (Lipinski definition) is 1. The standard InChI is InChI=1S/C22H19NO3S/c1-2-12-23-19(16-10-5-8-14-7-3-4-9-15(14)16)18(21(25)22(23)26)20(24)17-11-6-13-27-17/h3-11,13,19,25H,2,12H2,1H3. The third-order valence-corrected chi connectivity index (χ3v) is 5.74.